The Balaban J connectivity index is 1.35. The summed E-state index contributed by atoms with van der Waals surface area (Å²) in [4.78, 5) is 39.9. The lowest BCUT2D eigenvalue weighted by molar-refractivity contribution is -0.127. The van der Waals surface area contributed by atoms with Gasteiger partial charge in [0, 0.05) is 11.3 Å². The second kappa shape index (κ2) is 12.1. The Morgan fingerprint density at radius 1 is 0.925 bits per heavy atom. The molecule has 1 heterocycles. The van der Waals surface area contributed by atoms with E-state index in [-0.39, 0.29) is 11.4 Å². The summed E-state index contributed by atoms with van der Waals surface area (Å²) in [5.74, 6) is 0.292. The fraction of sp³-hybridized carbons (Fsp3) is 0.156. The van der Waals surface area contributed by atoms with E-state index in [4.69, 9.17) is 9.47 Å². The third-order valence-corrected chi connectivity index (χ3v) is 7.25. The molecule has 8 heteroatoms. The van der Waals surface area contributed by atoms with Crippen molar-refractivity contribution in [1.29, 1.82) is 0 Å². The van der Waals surface area contributed by atoms with E-state index in [2.05, 4.69) is 5.32 Å². The lowest BCUT2D eigenvalue weighted by Gasteiger charge is -2.14. The normalized spacial score (nSPS) is 14.2. The number of ether oxygens (including phenoxy) is 2. The highest BCUT2D eigenvalue weighted by atomic mass is 32.2. The van der Waals surface area contributed by atoms with Gasteiger partial charge >= 0.3 is 0 Å². The van der Waals surface area contributed by atoms with E-state index in [1.165, 1.54) is 5.56 Å². The molecule has 3 amide bonds. The topological polar surface area (TPSA) is 84.9 Å². The Kier molecular flexibility index (Phi) is 8.17. The Bertz CT molecular complexity index is 1600. The van der Waals surface area contributed by atoms with Gasteiger partial charge in [-0.15, -0.1) is 0 Å². The van der Waals surface area contributed by atoms with E-state index in [1.54, 1.807) is 30.3 Å². The predicted molar refractivity (Wildman–Crippen MR) is 158 cm³/mol. The molecule has 1 saturated heterocycles. The highest BCUT2D eigenvalue weighted by Crippen LogP contribution is 2.37. The summed E-state index contributed by atoms with van der Waals surface area (Å²) in [6, 6.07) is 26.6. The van der Waals surface area contributed by atoms with Crippen molar-refractivity contribution in [2.75, 3.05) is 18.5 Å². The van der Waals surface area contributed by atoms with Gasteiger partial charge in [0.25, 0.3) is 11.1 Å². The second-order valence-electron chi connectivity index (χ2n) is 9.25. The van der Waals surface area contributed by atoms with Crippen LogP contribution in [0.2, 0.25) is 0 Å². The molecule has 0 unspecified atom stereocenters. The fourth-order valence-corrected chi connectivity index (χ4v) is 5.13. The Morgan fingerprint density at radius 3 is 2.42 bits per heavy atom. The first-order chi connectivity index (χ1) is 19.4. The summed E-state index contributed by atoms with van der Waals surface area (Å²) in [5, 5.41) is 4.09. The average molecular weight is 553 g/mol. The number of rotatable bonds is 9. The van der Waals surface area contributed by atoms with Crippen LogP contribution < -0.4 is 14.8 Å². The first kappa shape index (κ1) is 27.0. The van der Waals surface area contributed by atoms with Gasteiger partial charge in [0.2, 0.25) is 5.91 Å². The SMILES string of the molecule is CCOc1ccc(NC(=O)CN2C(=O)S/C(=C/c3c(OCc4ccc(C)cc4)ccc4ccccc34)C2=O)cc1. The molecule has 4 aromatic rings. The van der Waals surface area contributed by atoms with Crippen molar-refractivity contribution in [3.63, 3.8) is 0 Å². The van der Waals surface area contributed by atoms with E-state index >= 15 is 0 Å². The van der Waals surface area contributed by atoms with Crippen LogP contribution in [0.4, 0.5) is 10.5 Å². The van der Waals surface area contributed by atoms with Crippen LogP contribution in [0.1, 0.15) is 23.6 Å². The van der Waals surface area contributed by atoms with E-state index in [0.29, 0.717) is 36.0 Å². The quantitative estimate of drug-likeness (QED) is 0.230. The molecule has 4 aromatic carbocycles. The molecular weight excluding hydrogens is 524 g/mol. The van der Waals surface area contributed by atoms with Crippen molar-refractivity contribution < 1.29 is 23.9 Å². The fourth-order valence-electron chi connectivity index (χ4n) is 4.31. The third-order valence-electron chi connectivity index (χ3n) is 6.35. The first-order valence-corrected chi connectivity index (χ1v) is 13.7. The van der Waals surface area contributed by atoms with Gasteiger partial charge in [0.05, 0.1) is 11.5 Å². The number of imide groups is 1. The van der Waals surface area contributed by atoms with Crippen LogP contribution in [0.5, 0.6) is 11.5 Å². The van der Waals surface area contributed by atoms with Gasteiger partial charge in [-0.2, -0.15) is 0 Å². The number of aryl methyl sites for hydroxylation is 1. The van der Waals surface area contributed by atoms with Crippen LogP contribution in [-0.4, -0.2) is 35.1 Å². The zero-order valence-electron chi connectivity index (χ0n) is 22.2. The number of hydrogen-bond donors (Lipinski definition) is 1. The molecule has 0 aliphatic carbocycles. The van der Waals surface area contributed by atoms with E-state index < -0.39 is 17.1 Å². The summed E-state index contributed by atoms with van der Waals surface area (Å²) in [5.41, 5.74) is 3.43. The van der Waals surface area contributed by atoms with Crippen LogP contribution >= 0.6 is 11.8 Å². The molecule has 1 aliphatic heterocycles. The van der Waals surface area contributed by atoms with Crippen LogP contribution in [0.25, 0.3) is 16.8 Å². The molecule has 0 saturated carbocycles. The molecular formula is C32H28N2O5S. The number of anilines is 1. The molecule has 5 rings (SSSR count). The largest absolute Gasteiger partial charge is 0.494 e. The number of fused-ring (bicyclic) bond motifs is 1. The number of carbonyl (C=O) groups excluding carboxylic acids is 3. The summed E-state index contributed by atoms with van der Waals surface area (Å²) < 4.78 is 11.6. The molecule has 202 valence electrons. The highest BCUT2D eigenvalue weighted by Gasteiger charge is 2.36. The Hall–Kier alpha value is -4.56. The number of hydrogen-bond acceptors (Lipinski definition) is 6. The lowest BCUT2D eigenvalue weighted by Crippen LogP contribution is -2.36. The standard InChI is InChI=1S/C32H28N2O5S/c1-3-38-25-15-13-24(14-16-25)33-30(35)19-34-31(36)29(40-32(34)37)18-27-26-7-5-4-6-23(26)12-17-28(27)39-20-22-10-8-21(2)9-11-22/h4-18H,3,19-20H2,1-2H3,(H,33,35)/b29-18+. The van der Waals surface area contributed by atoms with Crippen molar-refractivity contribution in [1.82, 2.24) is 4.90 Å². The molecule has 0 aromatic heterocycles. The number of nitrogens with one attached hydrogen (secondary N) is 1. The minimum absolute atomic E-state index is 0.232. The number of carbonyl (C=O) groups is 3. The molecule has 7 nitrogen and oxygen atoms in total. The zero-order chi connectivity index (χ0) is 28.1. The summed E-state index contributed by atoms with van der Waals surface area (Å²) in [7, 11) is 0. The maximum absolute atomic E-state index is 13.3. The molecule has 0 radical (unpaired) electrons. The molecule has 1 fully saturated rings. The molecule has 0 spiro atoms. The van der Waals surface area contributed by atoms with Crippen LogP contribution in [0.15, 0.2) is 89.8 Å². The van der Waals surface area contributed by atoms with Crippen LogP contribution in [-0.2, 0) is 16.2 Å². The van der Waals surface area contributed by atoms with Crippen molar-refractivity contribution in [2.45, 2.75) is 20.5 Å². The monoisotopic (exact) mass is 552 g/mol. The van der Waals surface area contributed by atoms with Gasteiger partial charge in [0.15, 0.2) is 0 Å². The van der Waals surface area contributed by atoms with E-state index in [9.17, 15) is 14.4 Å². The number of amides is 3. The van der Waals surface area contributed by atoms with Crippen LogP contribution in [0, 0.1) is 6.92 Å². The molecule has 0 atom stereocenters. The van der Waals surface area contributed by atoms with Crippen molar-refractivity contribution >= 4 is 51.4 Å². The minimum Gasteiger partial charge on any atom is -0.494 e. The first-order valence-electron chi connectivity index (χ1n) is 12.9. The van der Waals surface area contributed by atoms with Crippen molar-refractivity contribution in [2.24, 2.45) is 0 Å². The number of nitrogens with zero attached hydrogens (tertiary/aromatic N) is 1. The van der Waals surface area contributed by atoms with Crippen LogP contribution in [0.3, 0.4) is 0 Å². The second-order valence-corrected chi connectivity index (χ2v) is 10.2. The highest BCUT2D eigenvalue weighted by molar-refractivity contribution is 8.18. The Labute approximate surface area is 236 Å². The van der Waals surface area contributed by atoms with Gasteiger partial charge in [-0.25, -0.2) is 0 Å². The number of benzene rings is 4. The van der Waals surface area contributed by atoms with Gasteiger partial charge in [-0.05, 0) is 78.4 Å². The summed E-state index contributed by atoms with van der Waals surface area (Å²) in [6.45, 7) is 4.43. The molecule has 1 aliphatic rings. The predicted octanol–water partition coefficient (Wildman–Crippen LogP) is 6.80. The van der Waals surface area contributed by atoms with Gasteiger partial charge in [-0.3, -0.25) is 19.3 Å². The van der Waals surface area contributed by atoms with Crippen molar-refractivity contribution in [3.8, 4) is 11.5 Å². The van der Waals surface area contributed by atoms with E-state index in [1.807, 2.05) is 74.5 Å². The molecule has 1 N–H and O–H groups in total. The summed E-state index contributed by atoms with van der Waals surface area (Å²) in [6.07, 6.45) is 1.68. The molecule has 40 heavy (non-hydrogen) atoms. The van der Waals surface area contributed by atoms with E-state index in [0.717, 1.165) is 33.0 Å². The minimum atomic E-state index is -0.519. The van der Waals surface area contributed by atoms with Crippen molar-refractivity contribution in [3.05, 3.63) is 107 Å². The van der Waals surface area contributed by atoms with Gasteiger partial charge in [-0.1, -0.05) is 60.2 Å². The summed E-state index contributed by atoms with van der Waals surface area (Å²) >= 11 is 0.812. The maximum Gasteiger partial charge on any atom is 0.294 e. The maximum atomic E-state index is 13.3. The average Bonchev–Trinajstić information content (AvgIpc) is 3.22. The van der Waals surface area contributed by atoms with Gasteiger partial charge < -0.3 is 14.8 Å². The van der Waals surface area contributed by atoms with Gasteiger partial charge in [0.1, 0.15) is 24.7 Å². The molecule has 0 bridgehead atoms. The smallest absolute Gasteiger partial charge is 0.294 e. The number of thioether (sulfide) groups is 1. The lowest BCUT2D eigenvalue weighted by atomic mass is 10.0. The Morgan fingerprint density at radius 2 is 1.68 bits per heavy atom. The zero-order valence-corrected chi connectivity index (χ0v) is 23.0. The third kappa shape index (κ3) is 6.18.